The van der Waals surface area contributed by atoms with Crippen LogP contribution in [0.1, 0.15) is 29.5 Å². The maximum absolute atomic E-state index is 11.2. The zero-order valence-electron chi connectivity index (χ0n) is 17.3. The molecule has 0 spiro atoms. The third-order valence-electron chi connectivity index (χ3n) is 5.63. The summed E-state index contributed by atoms with van der Waals surface area (Å²) in [4.78, 5) is 11.2. The molecule has 3 aromatic carbocycles. The van der Waals surface area contributed by atoms with Crippen LogP contribution in [0.2, 0.25) is 0 Å². The maximum Gasteiger partial charge on any atom is 0.240 e. The highest BCUT2D eigenvalue weighted by atomic mass is 16.3. The molecular formula is C25H27N3O3. The predicted octanol–water partition coefficient (Wildman–Crippen LogP) is 2.51. The van der Waals surface area contributed by atoms with Crippen molar-refractivity contribution in [3.05, 3.63) is 83.4 Å². The van der Waals surface area contributed by atoms with Gasteiger partial charge in [-0.25, -0.2) is 5.43 Å². The number of rotatable bonds is 8. The fourth-order valence-corrected chi connectivity index (χ4v) is 3.85. The number of fused-ring (bicyclic) bond motifs is 1. The Hall–Kier alpha value is -3.06. The minimum Gasteiger partial charge on any atom is -0.389 e. The average Bonchev–Trinajstić information content (AvgIpc) is 2.80. The normalized spacial score (nSPS) is 15.9. The van der Waals surface area contributed by atoms with Gasteiger partial charge in [0.2, 0.25) is 5.91 Å². The number of carbonyl (C=O) groups is 1. The molecule has 0 saturated carbocycles. The summed E-state index contributed by atoms with van der Waals surface area (Å²) < 4.78 is 0. The molecule has 6 nitrogen and oxygen atoms in total. The Labute approximate surface area is 181 Å². The standard InChI is InChI=1S/C25H27N3O3/c29-23(16-20-6-3-5-18-4-1-2-7-21(18)20)25(31)26-15-14-17-8-10-19(11-9-17)22-12-13-24(30)28-27-22/h1-11,23,25-26,29,31H,12-16H2,(H,28,30). The van der Waals surface area contributed by atoms with E-state index in [2.05, 4.69) is 15.8 Å². The molecule has 0 aliphatic carbocycles. The lowest BCUT2D eigenvalue weighted by Gasteiger charge is -2.20. The zero-order chi connectivity index (χ0) is 21.6. The largest absolute Gasteiger partial charge is 0.389 e. The van der Waals surface area contributed by atoms with E-state index in [4.69, 9.17) is 0 Å². The Morgan fingerprint density at radius 3 is 2.52 bits per heavy atom. The summed E-state index contributed by atoms with van der Waals surface area (Å²) in [5.41, 5.74) is 6.54. The van der Waals surface area contributed by atoms with Crippen molar-refractivity contribution in [2.75, 3.05) is 6.54 Å². The van der Waals surface area contributed by atoms with Crippen molar-refractivity contribution in [1.82, 2.24) is 10.7 Å². The summed E-state index contributed by atoms with van der Waals surface area (Å²) in [5, 5.41) is 30.2. The van der Waals surface area contributed by atoms with E-state index in [0.717, 1.165) is 39.6 Å². The lowest BCUT2D eigenvalue weighted by molar-refractivity contribution is -0.121. The van der Waals surface area contributed by atoms with Crippen molar-refractivity contribution >= 4 is 22.4 Å². The number of aliphatic hydroxyl groups is 2. The zero-order valence-corrected chi connectivity index (χ0v) is 17.3. The molecule has 4 N–H and O–H groups in total. The van der Waals surface area contributed by atoms with Crippen molar-refractivity contribution in [3.8, 4) is 0 Å². The Balaban J connectivity index is 1.27. The lowest BCUT2D eigenvalue weighted by Crippen LogP contribution is -2.41. The number of amides is 1. The van der Waals surface area contributed by atoms with Crippen LogP contribution >= 0.6 is 0 Å². The van der Waals surface area contributed by atoms with Crippen molar-refractivity contribution in [2.45, 2.75) is 38.0 Å². The van der Waals surface area contributed by atoms with Crippen LogP contribution in [0.15, 0.2) is 71.8 Å². The summed E-state index contributed by atoms with van der Waals surface area (Å²) in [5.74, 6) is -0.0485. The minimum absolute atomic E-state index is 0.0485. The molecule has 4 rings (SSSR count). The highest BCUT2D eigenvalue weighted by Crippen LogP contribution is 2.20. The van der Waals surface area contributed by atoms with Crippen LogP contribution in [0.25, 0.3) is 10.8 Å². The fourth-order valence-electron chi connectivity index (χ4n) is 3.85. The van der Waals surface area contributed by atoms with Crippen LogP contribution in [-0.2, 0) is 17.6 Å². The van der Waals surface area contributed by atoms with Gasteiger partial charge in [0.05, 0.1) is 11.8 Å². The Morgan fingerprint density at radius 2 is 1.74 bits per heavy atom. The third kappa shape index (κ3) is 5.35. The number of hydrogen-bond acceptors (Lipinski definition) is 5. The first-order valence-corrected chi connectivity index (χ1v) is 10.6. The van der Waals surface area contributed by atoms with Gasteiger partial charge in [0.1, 0.15) is 6.23 Å². The molecule has 0 bridgehead atoms. The molecule has 2 atom stereocenters. The summed E-state index contributed by atoms with van der Waals surface area (Å²) in [7, 11) is 0. The Kier molecular flexibility index (Phi) is 6.72. The second-order valence-electron chi connectivity index (χ2n) is 7.85. The molecule has 6 heteroatoms. The fraction of sp³-hybridized carbons (Fsp3) is 0.280. The molecule has 31 heavy (non-hydrogen) atoms. The average molecular weight is 418 g/mol. The van der Waals surface area contributed by atoms with Gasteiger partial charge in [-0.2, -0.15) is 5.10 Å². The number of hydrogen-bond donors (Lipinski definition) is 4. The van der Waals surface area contributed by atoms with Crippen LogP contribution in [0.5, 0.6) is 0 Å². The van der Waals surface area contributed by atoms with Crippen LogP contribution < -0.4 is 10.7 Å². The summed E-state index contributed by atoms with van der Waals surface area (Å²) in [6.45, 7) is 0.546. The molecule has 1 amide bonds. The van der Waals surface area contributed by atoms with Gasteiger partial charge in [0, 0.05) is 25.8 Å². The first-order valence-electron chi connectivity index (χ1n) is 10.6. The van der Waals surface area contributed by atoms with Crippen molar-refractivity contribution in [2.24, 2.45) is 5.10 Å². The maximum atomic E-state index is 11.2. The van der Waals surface area contributed by atoms with E-state index in [1.54, 1.807) is 0 Å². The molecule has 0 fully saturated rings. The first kappa shape index (κ1) is 21.2. The number of nitrogens with one attached hydrogen (secondary N) is 2. The molecule has 0 saturated heterocycles. The minimum atomic E-state index is -1.00. The topological polar surface area (TPSA) is 94.0 Å². The summed E-state index contributed by atoms with van der Waals surface area (Å²) in [6, 6.07) is 22.1. The molecule has 1 aliphatic heterocycles. The van der Waals surface area contributed by atoms with Gasteiger partial charge < -0.3 is 10.2 Å². The Bertz CT molecular complexity index is 1070. The predicted molar refractivity (Wildman–Crippen MR) is 122 cm³/mol. The first-order chi connectivity index (χ1) is 15.1. The number of hydrazone groups is 1. The van der Waals surface area contributed by atoms with E-state index >= 15 is 0 Å². The number of benzene rings is 3. The molecule has 160 valence electrons. The van der Waals surface area contributed by atoms with E-state index in [9.17, 15) is 15.0 Å². The number of carbonyl (C=O) groups excluding carboxylic acids is 1. The van der Waals surface area contributed by atoms with Gasteiger partial charge in [0.15, 0.2) is 0 Å². The summed E-state index contributed by atoms with van der Waals surface area (Å²) >= 11 is 0. The second kappa shape index (κ2) is 9.83. The van der Waals surface area contributed by atoms with Gasteiger partial charge in [-0.05, 0) is 33.9 Å². The quantitative estimate of drug-likeness (QED) is 0.424. The molecule has 0 radical (unpaired) electrons. The number of aliphatic hydroxyl groups excluding tert-OH is 2. The highest BCUT2D eigenvalue weighted by molar-refractivity contribution is 6.04. The van der Waals surface area contributed by atoms with E-state index in [1.165, 1.54) is 0 Å². The van der Waals surface area contributed by atoms with E-state index in [-0.39, 0.29) is 5.91 Å². The van der Waals surface area contributed by atoms with Gasteiger partial charge >= 0.3 is 0 Å². The van der Waals surface area contributed by atoms with Gasteiger partial charge in [-0.3, -0.25) is 10.1 Å². The van der Waals surface area contributed by atoms with E-state index < -0.39 is 12.3 Å². The lowest BCUT2D eigenvalue weighted by atomic mass is 9.99. The van der Waals surface area contributed by atoms with Gasteiger partial charge in [-0.1, -0.05) is 66.7 Å². The number of nitrogens with zero attached hydrogens (tertiary/aromatic N) is 1. The van der Waals surface area contributed by atoms with Crippen LogP contribution in [0.3, 0.4) is 0 Å². The third-order valence-corrected chi connectivity index (χ3v) is 5.63. The van der Waals surface area contributed by atoms with Gasteiger partial charge in [0.25, 0.3) is 0 Å². The van der Waals surface area contributed by atoms with Crippen LogP contribution in [0.4, 0.5) is 0 Å². The molecular weight excluding hydrogens is 390 g/mol. The monoisotopic (exact) mass is 417 g/mol. The van der Waals surface area contributed by atoms with Gasteiger partial charge in [-0.15, -0.1) is 0 Å². The molecule has 2 unspecified atom stereocenters. The SMILES string of the molecule is O=C1CCC(c2ccc(CCNC(O)C(O)Cc3cccc4ccccc34)cc2)=NN1. The molecule has 1 aliphatic rings. The van der Waals surface area contributed by atoms with Crippen LogP contribution in [0, 0.1) is 0 Å². The molecule has 3 aromatic rings. The van der Waals surface area contributed by atoms with E-state index in [0.29, 0.717) is 25.8 Å². The van der Waals surface area contributed by atoms with Crippen molar-refractivity contribution in [3.63, 3.8) is 0 Å². The Morgan fingerprint density at radius 1 is 0.968 bits per heavy atom. The second-order valence-corrected chi connectivity index (χ2v) is 7.85. The summed E-state index contributed by atoms with van der Waals surface area (Å²) in [6.07, 6.45) is 0.313. The highest BCUT2D eigenvalue weighted by Gasteiger charge is 2.17. The molecule has 0 aromatic heterocycles. The van der Waals surface area contributed by atoms with E-state index in [1.807, 2.05) is 66.7 Å². The smallest absolute Gasteiger partial charge is 0.240 e. The van der Waals surface area contributed by atoms with Crippen molar-refractivity contribution in [1.29, 1.82) is 0 Å². The molecule has 1 heterocycles. The van der Waals surface area contributed by atoms with Crippen LogP contribution in [-0.4, -0.2) is 40.7 Å². The van der Waals surface area contributed by atoms with Crippen molar-refractivity contribution < 1.29 is 15.0 Å².